The maximum Gasteiger partial charge on any atom is 0.329 e. The number of urea groups is 1. The first-order chi connectivity index (χ1) is 14.7. The third kappa shape index (κ3) is 4.08. The lowest BCUT2D eigenvalue weighted by Gasteiger charge is -2.26. The summed E-state index contributed by atoms with van der Waals surface area (Å²) in [5.41, 5.74) is 1.92. The fraction of sp³-hybridized carbons (Fsp3) is 0.609. The number of amides is 3. The quantitative estimate of drug-likeness (QED) is 0.813. The zero-order chi connectivity index (χ0) is 20.5. The summed E-state index contributed by atoms with van der Waals surface area (Å²) in [4.78, 5) is 27.8. The van der Waals surface area contributed by atoms with Gasteiger partial charge in [0.15, 0.2) is 11.4 Å². The molecule has 1 aliphatic carbocycles. The Labute approximate surface area is 176 Å². The average molecular weight is 411 g/mol. The zero-order valence-corrected chi connectivity index (χ0v) is 17.4. The lowest BCUT2D eigenvalue weighted by Crippen LogP contribution is -2.49. The lowest BCUT2D eigenvalue weighted by molar-refractivity contribution is -0.120. The van der Waals surface area contributed by atoms with Crippen molar-refractivity contribution in [3.63, 3.8) is 0 Å². The van der Waals surface area contributed by atoms with Crippen LogP contribution in [0.1, 0.15) is 50.5 Å². The molecular formula is C23H30N4O3. The second-order valence-electron chi connectivity index (χ2n) is 9.21. The van der Waals surface area contributed by atoms with E-state index in [1.807, 2.05) is 6.07 Å². The van der Waals surface area contributed by atoms with Gasteiger partial charge in [0.1, 0.15) is 0 Å². The Balaban J connectivity index is 1.25. The Bertz CT molecular complexity index is 934. The number of imide groups is 1. The van der Waals surface area contributed by atoms with Gasteiger partial charge < -0.3 is 9.42 Å². The van der Waals surface area contributed by atoms with E-state index >= 15 is 0 Å². The van der Waals surface area contributed by atoms with Crippen LogP contribution in [-0.2, 0) is 11.2 Å². The van der Waals surface area contributed by atoms with Gasteiger partial charge in [0, 0.05) is 26.1 Å². The Morgan fingerprint density at radius 3 is 2.77 bits per heavy atom. The number of rotatable bonds is 5. The number of carbonyl (C=O) groups excluding carboxylic acids is 2. The predicted molar refractivity (Wildman–Crippen MR) is 114 cm³/mol. The minimum absolute atomic E-state index is 0.247. The van der Waals surface area contributed by atoms with Gasteiger partial charge in [-0.25, -0.2) is 4.79 Å². The minimum Gasteiger partial charge on any atom is -0.354 e. The molecule has 1 saturated carbocycles. The highest BCUT2D eigenvalue weighted by Gasteiger charge is 2.29. The first kappa shape index (κ1) is 19.5. The summed E-state index contributed by atoms with van der Waals surface area (Å²) in [7, 11) is 0. The van der Waals surface area contributed by atoms with E-state index in [9.17, 15) is 9.59 Å². The molecule has 0 spiro atoms. The zero-order valence-electron chi connectivity index (χ0n) is 17.4. The molecule has 1 atom stereocenters. The fourth-order valence-electron chi connectivity index (χ4n) is 5.37. The van der Waals surface area contributed by atoms with E-state index in [1.54, 1.807) is 0 Å². The number of nitrogens with zero attached hydrogens (tertiary/aromatic N) is 3. The van der Waals surface area contributed by atoms with Crippen molar-refractivity contribution in [3.05, 3.63) is 23.8 Å². The normalized spacial score (nSPS) is 24.0. The van der Waals surface area contributed by atoms with Gasteiger partial charge in [-0.15, -0.1) is 0 Å². The molecule has 3 fully saturated rings. The van der Waals surface area contributed by atoms with Gasteiger partial charge in [0.05, 0.1) is 5.39 Å². The van der Waals surface area contributed by atoms with Gasteiger partial charge in [0.25, 0.3) is 0 Å². The van der Waals surface area contributed by atoms with Crippen molar-refractivity contribution < 1.29 is 14.1 Å². The molecule has 5 rings (SSSR count). The largest absolute Gasteiger partial charge is 0.354 e. The molecule has 7 heteroatoms. The number of hydrogen-bond donors (Lipinski definition) is 1. The summed E-state index contributed by atoms with van der Waals surface area (Å²) in [6, 6.07) is 5.74. The van der Waals surface area contributed by atoms with E-state index in [4.69, 9.17) is 4.52 Å². The Kier molecular flexibility index (Phi) is 5.46. The van der Waals surface area contributed by atoms with Gasteiger partial charge in [-0.05, 0) is 61.8 Å². The average Bonchev–Trinajstić information content (AvgIpc) is 3.36. The van der Waals surface area contributed by atoms with Crippen LogP contribution in [0.3, 0.4) is 0 Å². The number of anilines is 1. The summed E-state index contributed by atoms with van der Waals surface area (Å²) in [6.45, 7) is 4.00. The summed E-state index contributed by atoms with van der Waals surface area (Å²) < 4.78 is 5.44. The first-order valence-corrected chi connectivity index (χ1v) is 11.4. The molecule has 0 radical (unpaired) electrons. The molecule has 3 heterocycles. The summed E-state index contributed by atoms with van der Waals surface area (Å²) in [6.07, 6.45) is 9.61. The third-order valence-electron chi connectivity index (χ3n) is 6.96. The number of carbonyl (C=O) groups is 2. The molecule has 160 valence electrons. The van der Waals surface area contributed by atoms with Gasteiger partial charge >= 0.3 is 6.03 Å². The molecule has 1 unspecified atom stereocenters. The number of benzene rings is 1. The highest BCUT2D eigenvalue weighted by Crippen LogP contribution is 2.31. The molecule has 1 aromatic carbocycles. The molecular weight excluding hydrogens is 380 g/mol. The van der Waals surface area contributed by atoms with Crippen LogP contribution in [0.2, 0.25) is 0 Å². The molecule has 1 N–H and O–H groups in total. The van der Waals surface area contributed by atoms with Crippen LogP contribution >= 0.6 is 0 Å². The number of likely N-dealkylation sites (tertiary alicyclic amines) is 1. The van der Waals surface area contributed by atoms with Crippen LogP contribution < -0.4 is 10.2 Å². The van der Waals surface area contributed by atoms with Crippen molar-refractivity contribution in [2.45, 2.75) is 51.4 Å². The molecule has 2 aromatic rings. The molecule has 2 aliphatic heterocycles. The second kappa shape index (κ2) is 8.38. The first-order valence-electron chi connectivity index (χ1n) is 11.4. The standard InChI is InChI=1S/C23H30N4O3/c28-21-9-11-27(23(29)24-21)22-19-13-17(6-7-20(19)30-25-22)12-18-8-10-26(15-18)14-16-4-2-1-3-5-16/h6-7,13,16,18H,1-5,8-12,14-15H2,(H,24,28,29). The van der Waals surface area contributed by atoms with Crippen molar-refractivity contribution in [3.8, 4) is 0 Å². The molecule has 0 bridgehead atoms. The summed E-state index contributed by atoms with van der Waals surface area (Å²) >= 11 is 0. The molecule has 7 nitrogen and oxygen atoms in total. The molecule has 30 heavy (non-hydrogen) atoms. The number of fused-ring (bicyclic) bond motifs is 1. The van der Waals surface area contributed by atoms with Gasteiger partial charge in [0.2, 0.25) is 5.91 Å². The van der Waals surface area contributed by atoms with Gasteiger partial charge in [-0.2, -0.15) is 0 Å². The fourth-order valence-corrected chi connectivity index (χ4v) is 5.37. The van der Waals surface area contributed by atoms with E-state index in [2.05, 4.69) is 27.5 Å². The maximum atomic E-state index is 12.2. The van der Waals surface area contributed by atoms with Crippen molar-refractivity contribution in [2.24, 2.45) is 11.8 Å². The van der Waals surface area contributed by atoms with Crippen LogP contribution in [0, 0.1) is 11.8 Å². The monoisotopic (exact) mass is 410 g/mol. The number of nitrogens with one attached hydrogen (secondary N) is 1. The summed E-state index contributed by atoms with van der Waals surface area (Å²) in [5.74, 6) is 1.83. The van der Waals surface area contributed by atoms with Crippen molar-refractivity contribution in [1.82, 2.24) is 15.4 Å². The highest BCUT2D eigenvalue weighted by molar-refractivity contribution is 6.08. The SMILES string of the molecule is O=C1CCN(c2noc3ccc(CC4CCN(CC5CCCCC5)C4)cc23)C(=O)N1. The maximum absolute atomic E-state index is 12.2. The van der Waals surface area contributed by atoms with E-state index in [1.165, 1.54) is 68.6 Å². The predicted octanol–water partition coefficient (Wildman–Crippen LogP) is 3.72. The van der Waals surface area contributed by atoms with Gasteiger partial charge in [-0.3, -0.25) is 15.0 Å². The van der Waals surface area contributed by atoms with Crippen molar-refractivity contribution >= 4 is 28.7 Å². The lowest BCUT2D eigenvalue weighted by atomic mass is 9.89. The Morgan fingerprint density at radius 1 is 1.07 bits per heavy atom. The third-order valence-corrected chi connectivity index (χ3v) is 6.96. The van der Waals surface area contributed by atoms with Crippen LogP contribution in [0.5, 0.6) is 0 Å². The van der Waals surface area contributed by atoms with Crippen LogP contribution in [0.15, 0.2) is 22.7 Å². The molecule has 2 saturated heterocycles. The Hall–Kier alpha value is -2.41. The van der Waals surface area contributed by atoms with E-state index in [0.29, 0.717) is 23.9 Å². The van der Waals surface area contributed by atoms with E-state index in [0.717, 1.165) is 17.7 Å². The van der Waals surface area contributed by atoms with Gasteiger partial charge in [-0.1, -0.05) is 30.5 Å². The molecule has 1 aromatic heterocycles. The number of aromatic nitrogens is 1. The van der Waals surface area contributed by atoms with Crippen molar-refractivity contribution in [2.75, 3.05) is 31.1 Å². The van der Waals surface area contributed by atoms with E-state index < -0.39 is 6.03 Å². The number of hydrogen-bond acceptors (Lipinski definition) is 5. The van der Waals surface area contributed by atoms with Crippen molar-refractivity contribution in [1.29, 1.82) is 0 Å². The van der Waals surface area contributed by atoms with E-state index in [-0.39, 0.29) is 12.3 Å². The molecule has 3 aliphatic rings. The highest BCUT2D eigenvalue weighted by atomic mass is 16.5. The minimum atomic E-state index is -0.430. The van der Waals surface area contributed by atoms with Crippen LogP contribution in [-0.4, -0.2) is 48.2 Å². The smallest absolute Gasteiger partial charge is 0.329 e. The van der Waals surface area contributed by atoms with Crippen LogP contribution in [0.4, 0.5) is 10.6 Å². The van der Waals surface area contributed by atoms with Crippen LogP contribution in [0.25, 0.3) is 11.0 Å². The second-order valence-corrected chi connectivity index (χ2v) is 9.21. The Morgan fingerprint density at radius 2 is 1.93 bits per heavy atom. The summed E-state index contributed by atoms with van der Waals surface area (Å²) in [5, 5.41) is 7.31. The topological polar surface area (TPSA) is 78.7 Å². The molecule has 3 amide bonds.